The third-order valence-electron chi connectivity index (χ3n) is 3.89. The monoisotopic (exact) mass is 453 g/mol. The highest BCUT2D eigenvalue weighted by molar-refractivity contribution is 9.10. The van der Waals surface area contributed by atoms with Crippen LogP contribution in [0.2, 0.25) is 0 Å². The number of carbonyl (C=O) groups excluding carboxylic acids is 1. The number of hydrogen-bond acceptors (Lipinski definition) is 5. The standard InChI is InChI=1S/C21H16BrN3O4/c22-18-8-3-5-15(11-18)14-29-20-10-2-1-6-17(20)13-23-24-21(26)16-7-4-9-19(12-16)25(27)28/h1-13H,14H2,(H,24,26)/b23-13-. The van der Waals surface area contributed by atoms with Gasteiger partial charge in [-0.2, -0.15) is 5.10 Å². The van der Waals surface area contributed by atoms with Crippen molar-refractivity contribution in [1.82, 2.24) is 5.43 Å². The number of nitrogens with one attached hydrogen (secondary N) is 1. The van der Waals surface area contributed by atoms with E-state index in [1.807, 2.05) is 42.5 Å². The van der Waals surface area contributed by atoms with E-state index in [9.17, 15) is 14.9 Å². The number of hydrazone groups is 1. The molecule has 0 fully saturated rings. The number of halogens is 1. The molecule has 0 saturated carbocycles. The van der Waals surface area contributed by atoms with Crippen LogP contribution >= 0.6 is 15.9 Å². The van der Waals surface area contributed by atoms with E-state index >= 15 is 0 Å². The molecule has 3 aromatic rings. The summed E-state index contributed by atoms with van der Waals surface area (Å²) < 4.78 is 6.83. The van der Waals surface area contributed by atoms with Gasteiger partial charge in [-0.15, -0.1) is 0 Å². The minimum absolute atomic E-state index is 0.149. The zero-order chi connectivity index (χ0) is 20.6. The average Bonchev–Trinajstić information content (AvgIpc) is 2.73. The maximum Gasteiger partial charge on any atom is 0.271 e. The Labute approximate surface area is 175 Å². The zero-order valence-corrected chi connectivity index (χ0v) is 16.7. The highest BCUT2D eigenvalue weighted by Crippen LogP contribution is 2.19. The van der Waals surface area contributed by atoms with Gasteiger partial charge in [-0.05, 0) is 35.9 Å². The highest BCUT2D eigenvalue weighted by atomic mass is 79.9. The molecule has 0 heterocycles. The molecule has 0 atom stereocenters. The summed E-state index contributed by atoms with van der Waals surface area (Å²) in [6.45, 7) is 0.379. The molecule has 146 valence electrons. The molecule has 1 N–H and O–H groups in total. The number of rotatable bonds is 7. The molecule has 29 heavy (non-hydrogen) atoms. The Balaban J connectivity index is 1.65. The molecule has 0 unspecified atom stereocenters. The molecule has 0 radical (unpaired) electrons. The summed E-state index contributed by atoms with van der Waals surface area (Å²) in [7, 11) is 0. The molecule has 7 nitrogen and oxygen atoms in total. The summed E-state index contributed by atoms with van der Waals surface area (Å²) in [5.74, 6) is 0.0679. The predicted octanol–water partition coefficient (Wildman–Crippen LogP) is 4.70. The van der Waals surface area contributed by atoms with Crippen LogP contribution in [0.3, 0.4) is 0 Å². The number of ether oxygens (including phenoxy) is 1. The fraction of sp³-hybridized carbons (Fsp3) is 0.0476. The first-order valence-electron chi connectivity index (χ1n) is 8.57. The van der Waals surface area contributed by atoms with E-state index < -0.39 is 10.8 Å². The first-order valence-corrected chi connectivity index (χ1v) is 9.36. The first-order chi connectivity index (χ1) is 14.0. The van der Waals surface area contributed by atoms with Gasteiger partial charge >= 0.3 is 0 Å². The molecule has 8 heteroatoms. The summed E-state index contributed by atoms with van der Waals surface area (Å²) >= 11 is 3.43. The topological polar surface area (TPSA) is 93.8 Å². The van der Waals surface area contributed by atoms with Crippen LogP contribution in [0, 0.1) is 10.1 Å². The predicted molar refractivity (Wildman–Crippen MR) is 113 cm³/mol. The van der Waals surface area contributed by atoms with E-state index in [1.165, 1.54) is 30.5 Å². The Hall–Kier alpha value is -3.52. The van der Waals surface area contributed by atoms with Gasteiger partial charge in [-0.1, -0.05) is 46.3 Å². The Morgan fingerprint density at radius 1 is 1.10 bits per heavy atom. The Morgan fingerprint density at radius 2 is 1.90 bits per heavy atom. The summed E-state index contributed by atoms with van der Waals surface area (Å²) in [4.78, 5) is 22.4. The van der Waals surface area contributed by atoms with Crippen LogP contribution < -0.4 is 10.2 Å². The van der Waals surface area contributed by atoms with Crippen molar-refractivity contribution >= 4 is 33.7 Å². The van der Waals surface area contributed by atoms with Crippen LogP contribution in [0.1, 0.15) is 21.5 Å². The van der Waals surface area contributed by atoms with Crippen molar-refractivity contribution in [3.63, 3.8) is 0 Å². The van der Waals surface area contributed by atoms with Crippen molar-refractivity contribution in [3.8, 4) is 5.75 Å². The molecule has 3 rings (SSSR count). The maximum atomic E-state index is 12.2. The third-order valence-corrected chi connectivity index (χ3v) is 4.38. The van der Waals surface area contributed by atoms with Crippen molar-refractivity contribution < 1.29 is 14.5 Å². The maximum absolute atomic E-state index is 12.2. The second kappa shape index (κ2) is 9.61. The van der Waals surface area contributed by atoms with Crippen molar-refractivity contribution in [2.45, 2.75) is 6.61 Å². The lowest BCUT2D eigenvalue weighted by atomic mass is 10.2. The number of non-ortho nitro benzene ring substituents is 1. The number of amides is 1. The van der Waals surface area contributed by atoms with Crippen LogP contribution in [-0.4, -0.2) is 17.0 Å². The van der Waals surface area contributed by atoms with Crippen LogP contribution in [0.25, 0.3) is 0 Å². The lowest BCUT2D eigenvalue weighted by molar-refractivity contribution is -0.384. The minimum atomic E-state index is -0.557. The molecule has 0 saturated heterocycles. The molecule has 1 amide bonds. The van der Waals surface area contributed by atoms with Gasteiger partial charge in [0.05, 0.1) is 11.1 Å². The van der Waals surface area contributed by atoms with Crippen molar-refractivity contribution in [1.29, 1.82) is 0 Å². The summed E-state index contributed by atoms with van der Waals surface area (Å²) in [5.41, 5.74) is 4.04. The van der Waals surface area contributed by atoms with E-state index in [1.54, 1.807) is 6.07 Å². The first kappa shape index (κ1) is 20.2. The van der Waals surface area contributed by atoms with Crippen molar-refractivity contribution in [2.75, 3.05) is 0 Å². The van der Waals surface area contributed by atoms with Gasteiger partial charge in [0.1, 0.15) is 12.4 Å². The van der Waals surface area contributed by atoms with E-state index in [2.05, 4.69) is 26.5 Å². The fourth-order valence-corrected chi connectivity index (χ4v) is 2.94. The van der Waals surface area contributed by atoms with Gasteiger partial charge in [0.15, 0.2) is 0 Å². The number of nitro groups is 1. The highest BCUT2D eigenvalue weighted by Gasteiger charge is 2.10. The fourth-order valence-electron chi connectivity index (χ4n) is 2.49. The van der Waals surface area contributed by atoms with Crippen LogP contribution in [-0.2, 0) is 6.61 Å². The van der Waals surface area contributed by atoms with Gasteiger partial charge in [-0.25, -0.2) is 5.43 Å². The van der Waals surface area contributed by atoms with Crippen LogP contribution in [0.15, 0.2) is 82.4 Å². The second-order valence-electron chi connectivity index (χ2n) is 5.96. The SMILES string of the molecule is O=C(N/N=C\c1ccccc1OCc1cccc(Br)c1)c1cccc([N+](=O)[O-])c1. The third kappa shape index (κ3) is 5.73. The largest absolute Gasteiger partial charge is 0.488 e. The second-order valence-corrected chi connectivity index (χ2v) is 6.88. The number of carbonyl (C=O) groups is 1. The average molecular weight is 454 g/mol. The van der Waals surface area contributed by atoms with Gasteiger partial charge in [0.2, 0.25) is 0 Å². The number of nitrogens with zero attached hydrogens (tertiary/aromatic N) is 2. The number of hydrogen-bond donors (Lipinski definition) is 1. The summed E-state index contributed by atoms with van der Waals surface area (Å²) in [6.07, 6.45) is 1.46. The lowest BCUT2D eigenvalue weighted by Gasteiger charge is -2.09. The van der Waals surface area contributed by atoms with E-state index in [-0.39, 0.29) is 11.3 Å². The Morgan fingerprint density at radius 3 is 2.69 bits per heavy atom. The molecule has 0 bridgehead atoms. The number of para-hydroxylation sites is 1. The normalized spacial score (nSPS) is 10.7. The minimum Gasteiger partial charge on any atom is -0.488 e. The van der Waals surface area contributed by atoms with Crippen LogP contribution in [0.4, 0.5) is 5.69 Å². The molecule has 0 aromatic heterocycles. The summed E-state index contributed by atoms with van der Waals surface area (Å²) in [5, 5.41) is 14.8. The Kier molecular flexibility index (Phi) is 6.70. The Bertz CT molecular complexity index is 1070. The lowest BCUT2D eigenvalue weighted by Crippen LogP contribution is -2.17. The van der Waals surface area contributed by atoms with Crippen molar-refractivity contribution in [3.05, 3.63) is 104 Å². The van der Waals surface area contributed by atoms with E-state index in [0.717, 1.165) is 10.0 Å². The van der Waals surface area contributed by atoms with E-state index in [0.29, 0.717) is 17.9 Å². The molecule has 0 aliphatic rings. The molecule has 0 aliphatic carbocycles. The zero-order valence-electron chi connectivity index (χ0n) is 15.1. The molecule has 0 aliphatic heterocycles. The molecule has 0 spiro atoms. The van der Waals surface area contributed by atoms with Crippen molar-refractivity contribution in [2.24, 2.45) is 5.10 Å². The molecular formula is C21H16BrN3O4. The van der Waals surface area contributed by atoms with Gasteiger partial charge in [-0.3, -0.25) is 14.9 Å². The van der Waals surface area contributed by atoms with Gasteiger partial charge in [0, 0.05) is 27.7 Å². The van der Waals surface area contributed by atoms with Gasteiger partial charge in [0.25, 0.3) is 11.6 Å². The number of benzene rings is 3. The quantitative estimate of drug-likeness (QED) is 0.318. The smallest absolute Gasteiger partial charge is 0.271 e. The molecular weight excluding hydrogens is 438 g/mol. The molecule has 3 aromatic carbocycles. The summed E-state index contributed by atoms with van der Waals surface area (Å²) in [6, 6.07) is 20.5. The number of nitro benzene ring substituents is 1. The van der Waals surface area contributed by atoms with E-state index in [4.69, 9.17) is 4.74 Å². The van der Waals surface area contributed by atoms with Crippen LogP contribution in [0.5, 0.6) is 5.75 Å². The van der Waals surface area contributed by atoms with Gasteiger partial charge < -0.3 is 4.74 Å².